The van der Waals surface area contributed by atoms with Gasteiger partial charge in [-0.25, -0.2) is 0 Å². The average molecular weight is 906 g/mol. The van der Waals surface area contributed by atoms with Crippen molar-refractivity contribution in [3.63, 3.8) is 0 Å². The molecular weight excluding hydrogens is 855 g/mol. The molecule has 1 nitrogen and oxygen atoms in total. The molecule has 11 aromatic carbocycles. The molecule has 0 radical (unpaired) electrons. The third kappa shape index (κ3) is 6.54. The third-order valence-corrected chi connectivity index (χ3v) is 15.4. The van der Waals surface area contributed by atoms with E-state index in [0.717, 1.165) is 22.6 Å². The summed E-state index contributed by atoms with van der Waals surface area (Å²) in [5.41, 5.74) is 24.8. The number of nitrogens with zero attached hydrogens (tertiary/aromatic N) is 1. The van der Waals surface area contributed by atoms with Crippen molar-refractivity contribution in [1.29, 1.82) is 0 Å². The second kappa shape index (κ2) is 17.0. The fourth-order valence-electron chi connectivity index (χ4n) is 12.4. The summed E-state index contributed by atoms with van der Waals surface area (Å²) >= 11 is 0. The highest BCUT2D eigenvalue weighted by Crippen LogP contribution is 2.61. The molecule has 0 aliphatic heterocycles. The first kappa shape index (κ1) is 42.3. The molecule has 336 valence electrons. The predicted molar refractivity (Wildman–Crippen MR) is 298 cm³/mol. The van der Waals surface area contributed by atoms with Gasteiger partial charge in [0.05, 0.1) is 22.5 Å². The Labute approximate surface area is 417 Å². The molecule has 2 aliphatic rings. The highest BCUT2D eigenvalue weighted by atomic mass is 15.2. The van der Waals surface area contributed by atoms with Gasteiger partial charge in [0.25, 0.3) is 0 Å². The lowest BCUT2D eigenvalue weighted by Crippen LogP contribution is -2.28. The van der Waals surface area contributed by atoms with Crippen LogP contribution in [0.1, 0.15) is 47.2 Å². The first-order valence-corrected chi connectivity index (χ1v) is 24.9. The van der Waals surface area contributed by atoms with E-state index in [-0.39, 0.29) is 5.41 Å². The van der Waals surface area contributed by atoms with Crippen LogP contribution in [-0.4, -0.2) is 0 Å². The van der Waals surface area contributed by atoms with Crippen molar-refractivity contribution in [2.45, 2.75) is 24.7 Å². The van der Waals surface area contributed by atoms with E-state index in [2.05, 4.69) is 292 Å². The van der Waals surface area contributed by atoms with E-state index in [1.54, 1.807) is 0 Å². The lowest BCUT2D eigenvalue weighted by molar-refractivity contribution is 0.660. The molecule has 0 aromatic heterocycles. The van der Waals surface area contributed by atoms with Crippen molar-refractivity contribution in [2.75, 3.05) is 4.90 Å². The van der Waals surface area contributed by atoms with Crippen LogP contribution in [-0.2, 0) is 10.8 Å². The maximum atomic E-state index is 2.62. The Bertz CT molecular complexity index is 3740. The molecule has 0 saturated carbocycles. The molecule has 0 fully saturated rings. The van der Waals surface area contributed by atoms with Crippen LogP contribution in [0, 0.1) is 0 Å². The van der Waals surface area contributed by atoms with E-state index in [4.69, 9.17) is 0 Å². The SMILES string of the molecule is CC1(C)c2ccccc2-c2c(-c3ccccc3N(c3cccc(-c4ccccc4)c3-c3ccccc3-c3ccccc3)c3cccc4c3-c3ccccc3C4(c3ccccc3)c3ccccc3)cccc21. The molecule has 71 heavy (non-hydrogen) atoms. The van der Waals surface area contributed by atoms with E-state index in [1.807, 2.05) is 0 Å². The fraction of sp³-hybridized carbons (Fsp3) is 0.0571. The minimum atomic E-state index is -0.584. The molecule has 0 spiro atoms. The zero-order chi connectivity index (χ0) is 47.5. The van der Waals surface area contributed by atoms with Gasteiger partial charge in [-0.15, -0.1) is 0 Å². The molecule has 2 aliphatic carbocycles. The Balaban J connectivity index is 1.18. The first-order chi connectivity index (χ1) is 35.0. The van der Waals surface area contributed by atoms with Gasteiger partial charge in [0.15, 0.2) is 0 Å². The van der Waals surface area contributed by atoms with Crippen molar-refractivity contribution in [3.8, 4) is 66.8 Å². The Morgan fingerprint density at radius 1 is 0.239 bits per heavy atom. The van der Waals surface area contributed by atoms with Crippen molar-refractivity contribution in [2.24, 2.45) is 0 Å². The van der Waals surface area contributed by atoms with Gasteiger partial charge in [0.1, 0.15) is 0 Å². The summed E-state index contributed by atoms with van der Waals surface area (Å²) in [6.45, 7) is 4.75. The van der Waals surface area contributed by atoms with Gasteiger partial charge < -0.3 is 4.90 Å². The lowest BCUT2D eigenvalue weighted by Gasteiger charge is -2.35. The van der Waals surface area contributed by atoms with Gasteiger partial charge in [-0.2, -0.15) is 0 Å². The molecule has 0 bridgehead atoms. The van der Waals surface area contributed by atoms with Crippen molar-refractivity contribution >= 4 is 17.1 Å². The summed E-state index contributed by atoms with van der Waals surface area (Å²) in [4.78, 5) is 2.62. The van der Waals surface area contributed by atoms with Crippen LogP contribution in [0.3, 0.4) is 0 Å². The molecule has 0 unspecified atom stereocenters. The highest BCUT2D eigenvalue weighted by molar-refractivity contribution is 6.07. The molecule has 13 rings (SSSR count). The minimum Gasteiger partial charge on any atom is -0.309 e. The minimum absolute atomic E-state index is 0.156. The topological polar surface area (TPSA) is 3.24 Å². The summed E-state index contributed by atoms with van der Waals surface area (Å²) in [7, 11) is 0. The molecule has 0 heterocycles. The molecule has 0 amide bonds. The summed E-state index contributed by atoms with van der Waals surface area (Å²) in [5, 5.41) is 0. The van der Waals surface area contributed by atoms with Crippen LogP contribution in [0.25, 0.3) is 66.8 Å². The summed E-state index contributed by atoms with van der Waals surface area (Å²) in [6.07, 6.45) is 0. The summed E-state index contributed by atoms with van der Waals surface area (Å²) in [6, 6.07) is 101. The van der Waals surface area contributed by atoms with E-state index in [9.17, 15) is 0 Å². The van der Waals surface area contributed by atoms with Gasteiger partial charge >= 0.3 is 0 Å². The van der Waals surface area contributed by atoms with Crippen molar-refractivity contribution in [1.82, 2.24) is 0 Å². The molecule has 0 saturated heterocycles. The molecular formula is C70H51N. The van der Waals surface area contributed by atoms with Crippen molar-refractivity contribution in [3.05, 3.63) is 306 Å². The maximum Gasteiger partial charge on any atom is 0.0714 e. The van der Waals surface area contributed by atoms with Crippen LogP contribution >= 0.6 is 0 Å². The number of hydrogen-bond donors (Lipinski definition) is 0. The highest BCUT2D eigenvalue weighted by Gasteiger charge is 2.47. The zero-order valence-corrected chi connectivity index (χ0v) is 39.9. The lowest BCUT2D eigenvalue weighted by atomic mass is 9.68. The normalized spacial score (nSPS) is 13.4. The number of para-hydroxylation sites is 1. The van der Waals surface area contributed by atoms with Gasteiger partial charge in [-0.1, -0.05) is 269 Å². The first-order valence-electron chi connectivity index (χ1n) is 24.9. The van der Waals surface area contributed by atoms with Gasteiger partial charge in [-0.05, 0) is 102 Å². The second-order valence-corrected chi connectivity index (χ2v) is 19.5. The van der Waals surface area contributed by atoms with Crippen LogP contribution in [0.4, 0.5) is 17.1 Å². The molecule has 1 heteroatoms. The second-order valence-electron chi connectivity index (χ2n) is 19.5. The van der Waals surface area contributed by atoms with Gasteiger partial charge in [-0.3, -0.25) is 0 Å². The maximum absolute atomic E-state index is 2.62. The van der Waals surface area contributed by atoms with E-state index < -0.39 is 5.41 Å². The number of hydrogen-bond acceptors (Lipinski definition) is 1. The van der Waals surface area contributed by atoms with Crippen LogP contribution in [0.15, 0.2) is 273 Å². The monoisotopic (exact) mass is 905 g/mol. The quantitative estimate of drug-likeness (QED) is 0.139. The third-order valence-electron chi connectivity index (χ3n) is 15.4. The smallest absolute Gasteiger partial charge is 0.0714 e. The van der Waals surface area contributed by atoms with E-state index >= 15 is 0 Å². The van der Waals surface area contributed by atoms with Gasteiger partial charge in [0, 0.05) is 22.1 Å². The van der Waals surface area contributed by atoms with E-state index in [0.29, 0.717) is 0 Å². The molecule has 0 atom stereocenters. The Morgan fingerprint density at radius 2 is 0.634 bits per heavy atom. The predicted octanol–water partition coefficient (Wildman–Crippen LogP) is 18.5. The number of rotatable bonds is 9. The van der Waals surface area contributed by atoms with Crippen LogP contribution in [0.2, 0.25) is 0 Å². The number of anilines is 3. The number of fused-ring (bicyclic) bond motifs is 6. The number of benzene rings is 11. The molecule has 11 aromatic rings. The largest absolute Gasteiger partial charge is 0.309 e. The van der Waals surface area contributed by atoms with Gasteiger partial charge in [0.2, 0.25) is 0 Å². The van der Waals surface area contributed by atoms with Crippen LogP contribution in [0.5, 0.6) is 0 Å². The van der Waals surface area contributed by atoms with Crippen molar-refractivity contribution < 1.29 is 0 Å². The Kier molecular flexibility index (Phi) is 10.1. The zero-order valence-electron chi connectivity index (χ0n) is 39.9. The Hall–Kier alpha value is -8.78. The van der Waals surface area contributed by atoms with Crippen LogP contribution < -0.4 is 4.90 Å². The van der Waals surface area contributed by atoms with E-state index in [1.165, 1.54) is 94.6 Å². The fourth-order valence-corrected chi connectivity index (χ4v) is 12.4. The summed E-state index contributed by atoms with van der Waals surface area (Å²) in [5.74, 6) is 0. The summed E-state index contributed by atoms with van der Waals surface area (Å²) < 4.78 is 0. The Morgan fingerprint density at radius 3 is 1.28 bits per heavy atom. The molecule has 0 N–H and O–H groups in total. The average Bonchev–Trinajstić information content (AvgIpc) is 3.88. The standard InChI is InChI=1S/C70H51N/c1-69(2)59-41-20-17-37-57(59)66-56(40-23-43-61(66)69)54-35-19-22-45-63(54)71(64-46-24-39-53(49-28-9-4-10-29-49)67(64)55-36-16-15-34-52(55)48-26-7-3-8-27-48)65-47-25-44-62-68(65)58-38-18-21-42-60(58)70(62,50-30-11-5-12-31-50)51-32-13-6-14-33-51/h3-47H,1-2H3.